The zero-order chi connectivity index (χ0) is 39.7. The molecule has 0 N–H and O–H groups in total. The van der Waals surface area contributed by atoms with Crippen molar-refractivity contribution in [3.8, 4) is 45.6 Å². The van der Waals surface area contributed by atoms with Crippen LogP contribution in [-0.4, -0.2) is 81.8 Å². The Kier molecular flexibility index (Phi) is 10.0. The van der Waals surface area contributed by atoms with Crippen molar-refractivity contribution in [1.29, 1.82) is 0 Å². The molecule has 0 spiro atoms. The van der Waals surface area contributed by atoms with Crippen molar-refractivity contribution in [2.45, 2.75) is 19.6 Å². The fourth-order valence-corrected chi connectivity index (χ4v) is 8.19. The Morgan fingerprint density at radius 1 is 0.362 bits per heavy atom. The molecule has 26 heteroatoms. The van der Waals surface area contributed by atoms with Crippen LogP contribution in [0.4, 0.5) is 0 Å². The van der Waals surface area contributed by atoms with E-state index >= 15 is 0 Å². The first kappa shape index (κ1) is 41.6. The van der Waals surface area contributed by atoms with Gasteiger partial charge < -0.3 is 48.1 Å². The van der Waals surface area contributed by atoms with Gasteiger partial charge in [-0.25, -0.2) is 43.6 Å². The number of nitrogens with zero attached hydrogens (tertiary/aromatic N) is 8. The minimum atomic E-state index is -5.03. The van der Waals surface area contributed by atoms with Crippen LogP contribution in [0.3, 0.4) is 0 Å². The summed E-state index contributed by atoms with van der Waals surface area (Å²) in [6.07, 6.45) is 0. The molecule has 9 rings (SSSR count). The van der Waals surface area contributed by atoms with Crippen molar-refractivity contribution in [2.75, 3.05) is 0 Å². The van der Waals surface area contributed by atoms with E-state index in [4.69, 9.17) is 0 Å². The molecule has 0 saturated carbocycles. The molecule has 8 bridgehead atoms. The molecule has 0 aliphatic carbocycles. The molecule has 4 aromatic carbocycles. The van der Waals surface area contributed by atoms with Crippen LogP contribution in [0.5, 0.6) is 0 Å². The molecular weight excluding hydrogens is 903 g/mol. The van der Waals surface area contributed by atoms with Gasteiger partial charge in [-0.05, 0) is 70.1 Å². The zero-order valence-electron chi connectivity index (χ0n) is 28.3. The Balaban J connectivity index is 0.00000256. The van der Waals surface area contributed by atoms with Crippen molar-refractivity contribution in [2.24, 2.45) is 0 Å². The molecule has 7 aromatic rings. The molecule has 291 valence electrons. The minimum absolute atomic E-state index is 0. The molecule has 2 aliphatic rings. The van der Waals surface area contributed by atoms with Gasteiger partial charge in [0.05, 0.1) is 42.9 Å². The number of hydrogen-bond donors (Lipinski definition) is 0. The van der Waals surface area contributed by atoms with Crippen LogP contribution in [0.15, 0.2) is 92.4 Å². The number of aromatic nitrogens is 8. The molecule has 0 unspecified atom stereocenters. The number of rotatable bonds is 4. The van der Waals surface area contributed by atoms with Gasteiger partial charge in [-0.3, -0.25) is 0 Å². The van der Waals surface area contributed by atoms with Gasteiger partial charge in [-0.1, -0.05) is 24.3 Å². The molecule has 3 aromatic heterocycles. The SMILES string of the molecule is O=S(=O)([O-])c1ccc2c(c1)-c1nc-2nc2[n-]c(nc3nc(nc4[n-]c(n1)c1ccc(S(=O)(=O)[O-])cc41)-c1cc(S(=O)(=O)[O-])ccc1-3)c1ccc(S(=O)(=O)[O-])cc21.[Cu+2].[Na+]. The zero-order valence-corrected chi connectivity index (χ0v) is 34.5. The van der Waals surface area contributed by atoms with E-state index in [1.165, 1.54) is 24.3 Å². The molecule has 0 fully saturated rings. The van der Waals surface area contributed by atoms with E-state index in [2.05, 4.69) is 39.9 Å². The predicted octanol–water partition coefficient (Wildman–Crippen LogP) is -1.25. The Morgan fingerprint density at radius 2 is 0.638 bits per heavy atom. The fourth-order valence-electron chi connectivity index (χ4n) is 6.20. The quantitative estimate of drug-likeness (QED) is 0.147. The van der Waals surface area contributed by atoms with Crippen LogP contribution in [0.2, 0.25) is 0 Å². The first-order valence-electron chi connectivity index (χ1n) is 15.3. The summed E-state index contributed by atoms with van der Waals surface area (Å²) in [4.78, 5) is 33.1. The number of fused-ring (bicyclic) bond motifs is 20. The van der Waals surface area contributed by atoms with Crippen LogP contribution in [0.1, 0.15) is 0 Å². The minimum Gasteiger partial charge on any atom is -0.744 e. The summed E-state index contributed by atoms with van der Waals surface area (Å²) < 4.78 is 145. The van der Waals surface area contributed by atoms with E-state index in [9.17, 15) is 51.9 Å². The molecule has 0 saturated heterocycles. The van der Waals surface area contributed by atoms with E-state index in [0.29, 0.717) is 0 Å². The molecule has 1 radical (unpaired) electrons. The van der Waals surface area contributed by atoms with Gasteiger partial charge in [0, 0.05) is 44.8 Å². The van der Waals surface area contributed by atoms with E-state index in [1.54, 1.807) is 0 Å². The Labute approximate surface area is 358 Å². The van der Waals surface area contributed by atoms with E-state index in [-0.39, 0.29) is 136 Å². The topological polar surface area (TPSA) is 334 Å². The van der Waals surface area contributed by atoms with Gasteiger partial charge >= 0.3 is 46.6 Å². The monoisotopic (exact) mass is 914 g/mol. The average molecular weight is 915 g/mol. The van der Waals surface area contributed by atoms with Crippen molar-refractivity contribution in [3.05, 3.63) is 72.8 Å². The van der Waals surface area contributed by atoms with Crippen molar-refractivity contribution in [3.63, 3.8) is 0 Å². The predicted molar refractivity (Wildman–Crippen MR) is 186 cm³/mol. The van der Waals surface area contributed by atoms with Crippen LogP contribution in [0, 0.1) is 0 Å². The number of benzene rings is 4. The summed E-state index contributed by atoms with van der Waals surface area (Å²) in [6.45, 7) is 0. The van der Waals surface area contributed by atoms with Crippen LogP contribution < -0.4 is 39.5 Å². The van der Waals surface area contributed by atoms with E-state index in [1.807, 2.05) is 0 Å². The second-order valence-corrected chi connectivity index (χ2v) is 17.6. The van der Waals surface area contributed by atoms with E-state index in [0.717, 1.165) is 48.5 Å². The van der Waals surface area contributed by atoms with Crippen LogP contribution in [0.25, 0.3) is 89.7 Å². The summed E-state index contributed by atoms with van der Waals surface area (Å²) in [5, 5.41) is 0.169. The molecule has 2 aliphatic heterocycles. The van der Waals surface area contributed by atoms with Gasteiger partial charge in [-0.15, -0.1) is 0 Å². The molecule has 20 nitrogen and oxygen atoms in total. The standard InChI is InChI=1S/C32H16N8O12S4.Cu.Na/c41-53(42,43)13-1-5-17-21(9-13)29-34-25(17)33-26-18-6-2-15(55(47,48)49)11-23(18)31(35-26)40-32-24-12-16(56(50,51)52)4-8-20(24)28(39-32)38-30-22-10-14(54(44,45)46)3-7-19(22)27(36-29)37-30;;/h1-12H,(H4-2,33,34,35,36,37,38,39,40,41,42,43,44,45,46,47,48,49,50,51,52);;/q-2;+2;+1/p-4. The van der Waals surface area contributed by atoms with Crippen molar-refractivity contribution >= 4 is 84.6 Å². The van der Waals surface area contributed by atoms with Gasteiger partial charge in [0.25, 0.3) is 0 Å². The fraction of sp³-hybridized carbons (Fsp3) is 0. The summed E-state index contributed by atoms with van der Waals surface area (Å²) in [5.41, 5.74) is -0.712. The Bertz CT molecular complexity index is 3620. The van der Waals surface area contributed by atoms with Gasteiger partial charge in [-0.2, -0.15) is 0 Å². The normalized spacial score (nSPS) is 12.8. The largest absolute Gasteiger partial charge is 2.00 e. The molecule has 0 amide bonds. The molecule has 5 heterocycles. The molecule has 58 heavy (non-hydrogen) atoms. The van der Waals surface area contributed by atoms with Gasteiger partial charge in [0.2, 0.25) is 0 Å². The first-order valence-corrected chi connectivity index (χ1v) is 21.0. The smallest absolute Gasteiger partial charge is 0.744 e. The molecular formula is C32H12CuN8NaO12S4-3. The maximum atomic E-state index is 12.0. The first-order chi connectivity index (χ1) is 26.2. The van der Waals surface area contributed by atoms with Gasteiger partial charge in [0.15, 0.2) is 0 Å². The molecule has 0 atom stereocenters. The second-order valence-electron chi connectivity index (χ2n) is 12.1. The van der Waals surface area contributed by atoms with Crippen LogP contribution in [-0.2, 0) is 57.5 Å². The summed E-state index contributed by atoms with van der Waals surface area (Å²) in [6, 6.07) is 12.8. The summed E-state index contributed by atoms with van der Waals surface area (Å²) in [7, 11) is -20.1. The van der Waals surface area contributed by atoms with Crippen molar-refractivity contribution in [1.82, 2.24) is 39.9 Å². The maximum absolute atomic E-state index is 12.0. The third-order valence-electron chi connectivity index (χ3n) is 8.74. The Morgan fingerprint density at radius 3 is 0.966 bits per heavy atom. The summed E-state index contributed by atoms with van der Waals surface area (Å²) >= 11 is 0. The van der Waals surface area contributed by atoms with Gasteiger partial charge in [0.1, 0.15) is 40.5 Å². The van der Waals surface area contributed by atoms with Crippen molar-refractivity contribution < 1.29 is 98.5 Å². The Hall–Kier alpha value is -4.60. The van der Waals surface area contributed by atoms with E-state index < -0.39 is 60.1 Å². The number of hydrogen-bond acceptors (Lipinski definition) is 18. The maximum Gasteiger partial charge on any atom is 2.00 e. The van der Waals surface area contributed by atoms with Crippen LogP contribution >= 0.6 is 0 Å². The third-order valence-corrected chi connectivity index (χ3v) is 12.1. The second kappa shape index (κ2) is 14.0. The third kappa shape index (κ3) is 7.12. The summed E-state index contributed by atoms with van der Waals surface area (Å²) in [5.74, 6) is -0.882. The average Bonchev–Trinajstić information content (AvgIpc) is 3.84.